The summed E-state index contributed by atoms with van der Waals surface area (Å²) >= 11 is 0. The first-order valence-corrected chi connectivity index (χ1v) is 27.0. The molecule has 0 heterocycles. The largest absolute Gasteiger partial charge is 1.00 e. The van der Waals surface area contributed by atoms with E-state index in [9.17, 15) is 45.7 Å². The average Bonchev–Trinajstić information content (AvgIpc) is 2.36. The van der Waals surface area contributed by atoms with Gasteiger partial charge in [-0.05, 0) is 0 Å². The zero-order valence-electron chi connectivity index (χ0n) is 33.0. The summed E-state index contributed by atoms with van der Waals surface area (Å²) in [6, 6.07) is 0. The van der Waals surface area contributed by atoms with Crippen molar-refractivity contribution in [2.75, 3.05) is 29.5 Å². The van der Waals surface area contributed by atoms with Crippen LogP contribution in [0.5, 0.6) is 0 Å². The maximum absolute atomic E-state index is 9.85. The van der Waals surface area contributed by atoms with Crippen LogP contribution in [0, 0.1) is 0 Å². The SMILES string of the molecule is O=P(O)(O)CP(=O)(O)O.O=P(O)(O)CP(=O)(O)O.O=P(O)(O)CP(=O)(O)O.O=P(O)(O)CP(=O)(O)O.O=P(O)(O)CP(=O)(O)O.[H-].[H-].[H-].[H-].[H-].[H-].[K+].[K+].[K+].[K+].[K+].[K+]. The second-order valence-electron chi connectivity index (χ2n) is 7.35. The van der Waals surface area contributed by atoms with Gasteiger partial charge in [0.2, 0.25) is 0 Å². The molecular formula is C5H36K6O30P10. The molecule has 292 valence electrons. The van der Waals surface area contributed by atoms with Gasteiger partial charge in [0.1, 0.15) is 0 Å². The minimum atomic E-state index is -4.55. The topological polar surface area (TPSA) is 575 Å². The normalized spacial score (nSPS) is 12.2. The van der Waals surface area contributed by atoms with E-state index < -0.39 is 105 Å². The van der Waals surface area contributed by atoms with E-state index in [2.05, 4.69) is 0 Å². The van der Waals surface area contributed by atoms with Crippen molar-refractivity contribution < 1.29 is 460 Å². The van der Waals surface area contributed by atoms with Gasteiger partial charge in [0, 0.05) is 0 Å². The number of hydrogen-bond donors (Lipinski definition) is 20. The van der Waals surface area contributed by atoms with Crippen LogP contribution in [-0.2, 0) is 45.7 Å². The Hall–Kier alpha value is 11.3. The maximum Gasteiger partial charge on any atom is 1.00 e. The first-order chi connectivity index (χ1) is 18.5. The van der Waals surface area contributed by atoms with E-state index in [1.165, 1.54) is 0 Å². The predicted octanol–water partition coefficient (Wildman–Crippen LogP) is -20.8. The van der Waals surface area contributed by atoms with Crippen LogP contribution in [-0.4, -0.2) is 127 Å². The summed E-state index contributed by atoms with van der Waals surface area (Å²) in [5.74, 6) is -6.88. The second-order valence-corrected chi connectivity index (χ2v) is 26.3. The number of rotatable bonds is 10. The van der Waals surface area contributed by atoms with Crippen molar-refractivity contribution in [3.8, 4) is 0 Å². The molecule has 46 heteroatoms. The quantitative estimate of drug-likeness (QED) is 0.0713. The van der Waals surface area contributed by atoms with Crippen LogP contribution in [0.2, 0.25) is 0 Å². The molecule has 20 N–H and O–H groups in total. The molecule has 0 amide bonds. The van der Waals surface area contributed by atoms with Gasteiger partial charge in [-0.15, -0.1) is 0 Å². The molecule has 0 rings (SSSR count). The van der Waals surface area contributed by atoms with Gasteiger partial charge < -0.3 is 106 Å². The van der Waals surface area contributed by atoms with Crippen molar-refractivity contribution in [3.63, 3.8) is 0 Å². The summed E-state index contributed by atoms with van der Waals surface area (Å²) < 4.78 is 98.5. The zero-order valence-corrected chi connectivity index (χ0v) is 54.7. The van der Waals surface area contributed by atoms with Crippen LogP contribution < -0.4 is 308 Å². The van der Waals surface area contributed by atoms with Gasteiger partial charge in [-0.25, -0.2) is 0 Å². The summed E-state index contributed by atoms with van der Waals surface area (Å²) in [5, 5.41) is 0. The van der Waals surface area contributed by atoms with Crippen LogP contribution >= 0.6 is 76.0 Å². The van der Waals surface area contributed by atoms with Crippen LogP contribution in [0.3, 0.4) is 0 Å². The van der Waals surface area contributed by atoms with E-state index in [1.807, 2.05) is 0 Å². The van der Waals surface area contributed by atoms with Crippen molar-refractivity contribution in [3.05, 3.63) is 0 Å². The predicted molar refractivity (Wildman–Crippen MR) is 151 cm³/mol. The van der Waals surface area contributed by atoms with E-state index in [0.29, 0.717) is 0 Å². The monoisotopic (exact) mass is 1120 g/mol. The molecule has 0 aliphatic carbocycles. The van der Waals surface area contributed by atoms with Crippen LogP contribution in [0.25, 0.3) is 0 Å². The van der Waals surface area contributed by atoms with E-state index in [-0.39, 0.29) is 317 Å². The van der Waals surface area contributed by atoms with Crippen LogP contribution in [0.4, 0.5) is 0 Å². The molecule has 0 bridgehead atoms. The van der Waals surface area contributed by atoms with Crippen molar-refractivity contribution in [2.45, 2.75) is 0 Å². The molecule has 0 aliphatic heterocycles. The van der Waals surface area contributed by atoms with Gasteiger partial charge in [-0.2, -0.15) is 0 Å². The average molecular weight is 1120 g/mol. The van der Waals surface area contributed by atoms with Gasteiger partial charge in [-0.3, -0.25) is 45.7 Å². The molecule has 0 aromatic rings. The Kier molecular flexibility index (Phi) is 66.8. The second kappa shape index (κ2) is 38.3. The third-order valence-corrected chi connectivity index (χ3v) is 16.6. The third-order valence-electron chi connectivity index (χ3n) is 1.84. The summed E-state index contributed by atoms with van der Waals surface area (Å²) in [7, 11) is -45.5. The molecule has 0 unspecified atom stereocenters. The van der Waals surface area contributed by atoms with E-state index in [4.69, 9.17) is 97.9 Å². The Morgan fingerprint density at radius 2 is 0.235 bits per heavy atom. The molecule has 0 saturated heterocycles. The van der Waals surface area contributed by atoms with Crippen LogP contribution in [0.1, 0.15) is 8.56 Å². The Bertz CT molecular complexity index is 1060. The Balaban J connectivity index is -0.0000000222. The molecule has 0 radical (unpaired) electrons. The summed E-state index contributed by atoms with van der Waals surface area (Å²) in [5.41, 5.74) is 0. The molecule has 0 saturated carbocycles. The van der Waals surface area contributed by atoms with Gasteiger partial charge in [0.15, 0.2) is 29.5 Å². The Morgan fingerprint density at radius 1 is 0.196 bits per heavy atom. The molecule has 30 nitrogen and oxygen atoms in total. The Morgan fingerprint density at radius 3 is 0.235 bits per heavy atom. The van der Waals surface area contributed by atoms with Gasteiger partial charge in [0.05, 0.1) is 0 Å². The van der Waals surface area contributed by atoms with Crippen LogP contribution in [0.15, 0.2) is 0 Å². The van der Waals surface area contributed by atoms with E-state index in [0.717, 1.165) is 0 Å². The fourth-order valence-electron chi connectivity index (χ4n) is 1.20. The third kappa shape index (κ3) is 126. The molecule has 0 spiro atoms. The van der Waals surface area contributed by atoms with Crippen molar-refractivity contribution in [1.82, 2.24) is 0 Å². The molecule has 0 aromatic carbocycles. The molecule has 0 aromatic heterocycles. The van der Waals surface area contributed by atoms with Crippen molar-refractivity contribution in [1.29, 1.82) is 0 Å². The van der Waals surface area contributed by atoms with E-state index >= 15 is 0 Å². The van der Waals surface area contributed by atoms with Gasteiger partial charge in [0.25, 0.3) is 0 Å². The van der Waals surface area contributed by atoms with Gasteiger partial charge >= 0.3 is 384 Å². The fraction of sp³-hybridized carbons (Fsp3) is 1.00. The molecule has 0 atom stereocenters. The summed E-state index contributed by atoms with van der Waals surface area (Å²) in [6.45, 7) is 0. The zero-order chi connectivity index (χ0) is 38.5. The maximum atomic E-state index is 9.85. The number of hydrogen-bond acceptors (Lipinski definition) is 10. The van der Waals surface area contributed by atoms with Crippen molar-refractivity contribution >= 4 is 76.0 Å². The molecule has 0 fully saturated rings. The van der Waals surface area contributed by atoms with E-state index in [1.54, 1.807) is 0 Å². The minimum absolute atomic E-state index is 0. The Labute approximate surface area is 551 Å². The fourth-order valence-corrected chi connectivity index (χ4v) is 10.8. The molecular weight excluding hydrogens is 1080 g/mol. The summed E-state index contributed by atoms with van der Waals surface area (Å²) in [4.78, 5) is 159. The van der Waals surface area contributed by atoms with Crippen molar-refractivity contribution in [2.24, 2.45) is 0 Å². The molecule has 0 aliphatic rings. The smallest absolute Gasteiger partial charge is 1.00 e. The summed E-state index contributed by atoms with van der Waals surface area (Å²) in [6.07, 6.45) is 0. The van der Waals surface area contributed by atoms with Gasteiger partial charge in [-0.1, -0.05) is 0 Å². The minimum Gasteiger partial charge on any atom is -1.00 e. The molecule has 51 heavy (non-hydrogen) atoms. The first kappa shape index (κ1) is 89.0. The standard InChI is InChI=1S/5CH6O6P2.6K.6H/c5*2-8(3,4)1-9(5,6)7;;;;;;;;;;;;/h5*1H2,(H2,2,3,4)(H2,5,6,7);;;;;;;;;;;;/q;;;;;6*+1;6*-1. The first-order valence-electron chi connectivity index (χ1n) is 8.99.